The van der Waals surface area contributed by atoms with Crippen LogP contribution < -0.4 is 10.6 Å². The Bertz CT molecular complexity index is 523. The van der Waals surface area contributed by atoms with Crippen molar-refractivity contribution in [3.05, 3.63) is 48.0 Å². The summed E-state index contributed by atoms with van der Waals surface area (Å²) in [5.74, 6) is 0. The monoisotopic (exact) mass is 262 g/mol. The van der Waals surface area contributed by atoms with Crippen LogP contribution in [0.1, 0.15) is 5.56 Å². The minimum atomic E-state index is 0.635. The summed E-state index contributed by atoms with van der Waals surface area (Å²) in [6.45, 7) is 0.635. The lowest BCUT2D eigenvalue weighted by molar-refractivity contribution is 0.185. The highest BCUT2D eigenvalue weighted by Crippen LogP contribution is 2.24. The molecule has 0 N–H and O–H groups in total. The summed E-state index contributed by atoms with van der Waals surface area (Å²) in [6, 6.07) is 14.6. The van der Waals surface area contributed by atoms with Gasteiger partial charge in [0.15, 0.2) is 0 Å². The number of hydrogen-bond donors (Lipinski definition) is 0. The lowest BCUT2D eigenvalue weighted by atomic mass is 10.00. The molecule has 2 unspecified atom stereocenters. The third kappa shape index (κ3) is 2.75. The highest BCUT2D eigenvalue weighted by molar-refractivity contribution is 7.29. The van der Waals surface area contributed by atoms with E-state index in [4.69, 9.17) is 4.74 Å². The largest absolute Gasteiger partial charge is 0.380 e. The molecule has 0 aromatic heterocycles. The van der Waals surface area contributed by atoms with Gasteiger partial charge in [-0.05, 0) is 27.3 Å². The second-order valence-electron chi connectivity index (χ2n) is 3.90. The van der Waals surface area contributed by atoms with Crippen molar-refractivity contribution < 1.29 is 4.74 Å². The zero-order valence-corrected chi connectivity index (χ0v) is 12.1. The van der Waals surface area contributed by atoms with Gasteiger partial charge in [0, 0.05) is 7.11 Å². The molecular formula is C14H16OP2. The van der Waals surface area contributed by atoms with Crippen molar-refractivity contribution in [3.63, 3.8) is 0 Å². The van der Waals surface area contributed by atoms with Gasteiger partial charge in [0.25, 0.3) is 0 Å². The van der Waals surface area contributed by atoms with Crippen LogP contribution >= 0.6 is 18.5 Å². The van der Waals surface area contributed by atoms with Crippen molar-refractivity contribution in [2.24, 2.45) is 0 Å². The Morgan fingerprint density at radius 1 is 0.941 bits per heavy atom. The van der Waals surface area contributed by atoms with E-state index >= 15 is 0 Å². The molecule has 0 spiro atoms. The molecule has 2 aromatic carbocycles. The molecule has 0 heterocycles. The number of methoxy groups -OCH3 is 1. The van der Waals surface area contributed by atoms with Crippen LogP contribution in [0.3, 0.4) is 0 Å². The molecule has 0 aliphatic rings. The smallest absolute Gasteiger partial charge is 0.0719 e. The maximum absolute atomic E-state index is 5.27. The molecule has 2 rings (SSSR count). The van der Waals surface area contributed by atoms with Gasteiger partial charge in [-0.15, -0.1) is 18.5 Å². The standard InChI is InChI=1S/C14H16OP2/c1-15-9-10-5-4-8-13(17)14(10)11-6-2-3-7-12(11)16/h2-8H,9,16-17H2,1H3. The number of ether oxygens (including phenoxy) is 1. The normalized spacial score (nSPS) is 10.5. The lowest BCUT2D eigenvalue weighted by Crippen LogP contribution is -2.07. The van der Waals surface area contributed by atoms with Gasteiger partial charge in [-0.3, -0.25) is 0 Å². The minimum Gasteiger partial charge on any atom is -0.380 e. The zero-order valence-electron chi connectivity index (χ0n) is 9.81. The number of benzene rings is 2. The number of rotatable bonds is 3. The average molecular weight is 262 g/mol. The van der Waals surface area contributed by atoms with Gasteiger partial charge in [0.2, 0.25) is 0 Å². The van der Waals surface area contributed by atoms with Crippen molar-refractivity contribution in [2.75, 3.05) is 7.11 Å². The van der Waals surface area contributed by atoms with Gasteiger partial charge in [0.1, 0.15) is 0 Å². The second kappa shape index (κ2) is 5.74. The Balaban J connectivity index is 2.61. The maximum Gasteiger partial charge on any atom is 0.0719 e. The lowest BCUT2D eigenvalue weighted by Gasteiger charge is -2.14. The van der Waals surface area contributed by atoms with Crippen molar-refractivity contribution in [1.82, 2.24) is 0 Å². The fraction of sp³-hybridized carbons (Fsp3) is 0.143. The fourth-order valence-corrected chi connectivity index (χ4v) is 2.75. The van der Waals surface area contributed by atoms with Crippen molar-refractivity contribution in [3.8, 4) is 11.1 Å². The van der Waals surface area contributed by atoms with E-state index in [1.54, 1.807) is 7.11 Å². The molecule has 0 amide bonds. The topological polar surface area (TPSA) is 9.23 Å². The Morgan fingerprint density at radius 2 is 1.65 bits per heavy atom. The highest BCUT2D eigenvalue weighted by Gasteiger charge is 2.09. The predicted octanol–water partition coefficient (Wildman–Crippen LogP) is 2.50. The maximum atomic E-state index is 5.27. The fourth-order valence-electron chi connectivity index (χ4n) is 1.95. The summed E-state index contributed by atoms with van der Waals surface area (Å²) in [7, 11) is 7.32. The summed E-state index contributed by atoms with van der Waals surface area (Å²) in [6.07, 6.45) is 0. The summed E-state index contributed by atoms with van der Waals surface area (Å²) in [5, 5.41) is 2.41. The summed E-state index contributed by atoms with van der Waals surface area (Å²) in [5.41, 5.74) is 3.72. The quantitative estimate of drug-likeness (QED) is 0.772. The Hall–Kier alpha value is -0.740. The summed E-state index contributed by atoms with van der Waals surface area (Å²) >= 11 is 0. The van der Waals surface area contributed by atoms with Crippen LogP contribution in [0.25, 0.3) is 11.1 Å². The summed E-state index contributed by atoms with van der Waals surface area (Å²) < 4.78 is 5.27. The van der Waals surface area contributed by atoms with Crippen molar-refractivity contribution in [1.29, 1.82) is 0 Å². The van der Waals surface area contributed by atoms with Gasteiger partial charge in [-0.2, -0.15) is 0 Å². The first kappa shape index (κ1) is 12.7. The molecule has 88 valence electrons. The molecule has 0 bridgehead atoms. The van der Waals surface area contributed by atoms with Gasteiger partial charge in [0.05, 0.1) is 6.61 Å². The van der Waals surface area contributed by atoms with Crippen LogP contribution in [0, 0.1) is 0 Å². The van der Waals surface area contributed by atoms with Crippen LogP contribution in [0.15, 0.2) is 42.5 Å². The summed E-state index contributed by atoms with van der Waals surface area (Å²) in [4.78, 5) is 0. The number of hydrogen-bond acceptors (Lipinski definition) is 1. The highest BCUT2D eigenvalue weighted by atomic mass is 31.0. The molecule has 1 nitrogen and oxygen atoms in total. The van der Waals surface area contributed by atoms with Crippen LogP contribution in [0.5, 0.6) is 0 Å². The van der Waals surface area contributed by atoms with Crippen molar-refractivity contribution >= 4 is 29.1 Å². The van der Waals surface area contributed by atoms with Gasteiger partial charge in [-0.1, -0.05) is 42.5 Å². The van der Waals surface area contributed by atoms with Crippen LogP contribution in [0.4, 0.5) is 0 Å². The molecule has 0 radical (unpaired) electrons. The zero-order chi connectivity index (χ0) is 12.3. The minimum absolute atomic E-state index is 0.635. The second-order valence-corrected chi connectivity index (χ2v) is 5.15. The van der Waals surface area contributed by atoms with E-state index in [0.29, 0.717) is 6.61 Å². The molecule has 2 aromatic rings. The van der Waals surface area contributed by atoms with E-state index in [2.05, 4.69) is 54.9 Å². The molecular weight excluding hydrogens is 246 g/mol. The van der Waals surface area contributed by atoms with Gasteiger partial charge >= 0.3 is 0 Å². The third-order valence-corrected chi connectivity index (χ3v) is 3.70. The predicted molar refractivity (Wildman–Crippen MR) is 81.3 cm³/mol. The SMILES string of the molecule is COCc1cccc(P)c1-c1ccccc1P. The molecule has 0 saturated heterocycles. The Morgan fingerprint density at radius 3 is 2.35 bits per heavy atom. The van der Waals surface area contributed by atoms with E-state index in [-0.39, 0.29) is 0 Å². The van der Waals surface area contributed by atoms with Crippen LogP contribution in [-0.2, 0) is 11.3 Å². The molecule has 2 atom stereocenters. The van der Waals surface area contributed by atoms with Crippen LogP contribution in [0.2, 0.25) is 0 Å². The Labute approximate surface area is 107 Å². The first-order chi connectivity index (χ1) is 8.24. The average Bonchev–Trinajstić information content (AvgIpc) is 2.31. The van der Waals surface area contributed by atoms with Crippen LogP contribution in [-0.4, -0.2) is 7.11 Å². The molecule has 17 heavy (non-hydrogen) atoms. The molecule has 0 aliphatic heterocycles. The first-order valence-corrected chi connectivity index (χ1v) is 6.60. The third-order valence-electron chi connectivity index (χ3n) is 2.71. The van der Waals surface area contributed by atoms with E-state index in [1.807, 2.05) is 6.07 Å². The molecule has 0 fully saturated rings. The molecule has 0 aliphatic carbocycles. The van der Waals surface area contributed by atoms with E-state index in [9.17, 15) is 0 Å². The van der Waals surface area contributed by atoms with E-state index < -0.39 is 0 Å². The van der Waals surface area contributed by atoms with Gasteiger partial charge in [-0.25, -0.2) is 0 Å². The van der Waals surface area contributed by atoms with E-state index in [0.717, 1.165) is 0 Å². The van der Waals surface area contributed by atoms with Crippen molar-refractivity contribution in [2.45, 2.75) is 6.61 Å². The van der Waals surface area contributed by atoms with E-state index in [1.165, 1.54) is 27.3 Å². The molecule has 0 saturated carbocycles. The Kier molecular flexibility index (Phi) is 4.29. The molecule has 3 heteroatoms. The first-order valence-electron chi connectivity index (χ1n) is 5.45. The van der Waals surface area contributed by atoms with Gasteiger partial charge < -0.3 is 4.74 Å².